The molecular formula is C44H81N. The Bertz CT molecular complexity index is 751. The van der Waals surface area contributed by atoms with Crippen LogP contribution in [0.2, 0.25) is 0 Å². The Hall–Kier alpha value is -1.34. The topological polar surface area (TPSA) is 3.24 Å². The van der Waals surface area contributed by atoms with Gasteiger partial charge in [0, 0.05) is 0 Å². The molecule has 262 valence electrons. The van der Waals surface area contributed by atoms with Gasteiger partial charge < -0.3 is 4.90 Å². The predicted molar refractivity (Wildman–Crippen MR) is 208 cm³/mol. The summed E-state index contributed by atoms with van der Waals surface area (Å²) in [5.74, 6) is 1.36. The van der Waals surface area contributed by atoms with Crippen LogP contribution in [0.3, 0.4) is 0 Å². The summed E-state index contributed by atoms with van der Waals surface area (Å²) < 4.78 is 0. The predicted octanol–water partition coefficient (Wildman–Crippen LogP) is 14.8. The average Bonchev–Trinajstić information content (AvgIpc) is 3.02. The third-order valence-corrected chi connectivity index (χ3v) is 9.26. The minimum Gasteiger partial charge on any atom is -0.309 e. The summed E-state index contributed by atoms with van der Waals surface area (Å²) in [4.78, 5) is 2.31. The molecule has 0 saturated heterocycles. The first kappa shape index (κ1) is 43.7. The lowest BCUT2D eigenvalue weighted by molar-refractivity contribution is 0.394. The van der Waals surface area contributed by atoms with E-state index in [2.05, 4.69) is 95.8 Å². The fraction of sp³-hybridized carbons (Fsp3) is 0.773. The molecule has 0 radical (unpaired) electrons. The molecule has 2 atom stereocenters. The fourth-order valence-corrected chi connectivity index (χ4v) is 6.30. The maximum atomic E-state index is 4.65. The van der Waals surface area contributed by atoms with E-state index in [0.29, 0.717) is 5.92 Å². The van der Waals surface area contributed by atoms with Crippen LogP contribution in [0.5, 0.6) is 0 Å². The lowest BCUT2D eigenvalue weighted by atomic mass is 9.82. The van der Waals surface area contributed by atoms with Gasteiger partial charge in [-0.05, 0) is 122 Å². The van der Waals surface area contributed by atoms with Crippen molar-refractivity contribution in [2.45, 2.75) is 188 Å². The number of unbranched alkanes of at least 4 members (excludes halogenated alkanes) is 13. The van der Waals surface area contributed by atoms with Gasteiger partial charge in [-0.3, -0.25) is 0 Å². The molecule has 1 nitrogen and oxygen atoms in total. The van der Waals surface area contributed by atoms with Crippen molar-refractivity contribution < 1.29 is 0 Å². The van der Waals surface area contributed by atoms with Gasteiger partial charge in [-0.2, -0.15) is 0 Å². The highest BCUT2D eigenvalue weighted by Gasteiger charge is 2.17. The van der Waals surface area contributed by atoms with Crippen LogP contribution in [0.4, 0.5) is 0 Å². The fourth-order valence-electron chi connectivity index (χ4n) is 6.30. The van der Waals surface area contributed by atoms with E-state index < -0.39 is 0 Å². The smallest absolute Gasteiger partial charge is 0.00247 e. The zero-order valence-electron chi connectivity index (χ0n) is 31.7. The molecule has 0 aliphatic heterocycles. The van der Waals surface area contributed by atoms with Gasteiger partial charge in [-0.15, -0.1) is 0 Å². The molecule has 0 aliphatic carbocycles. The summed E-state index contributed by atoms with van der Waals surface area (Å²) in [6.45, 7) is 15.1. The van der Waals surface area contributed by atoms with Crippen molar-refractivity contribution in [2.75, 3.05) is 20.6 Å². The number of rotatable bonds is 33. The first-order valence-electron chi connectivity index (χ1n) is 20.0. The van der Waals surface area contributed by atoms with Crippen LogP contribution < -0.4 is 0 Å². The van der Waals surface area contributed by atoms with E-state index in [1.807, 2.05) is 0 Å². The summed E-state index contributed by atoms with van der Waals surface area (Å²) in [5, 5.41) is 0. The minimum absolute atomic E-state index is 0.631. The largest absolute Gasteiger partial charge is 0.309 e. The lowest BCUT2D eigenvalue weighted by Crippen LogP contribution is -2.12. The molecule has 0 bridgehead atoms. The van der Waals surface area contributed by atoms with E-state index in [0.717, 1.165) is 18.8 Å². The van der Waals surface area contributed by atoms with Gasteiger partial charge >= 0.3 is 0 Å². The quantitative estimate of drug-likeness (QED) is 0.0399. The molecule has 0 aromatic carbocycles. The molecule has 0 N–H and O–H groups in total. The Morgan fingerprint density at radius 1 is 0.578 bits per heavy atom. The molecule has 0 fully saturated rings. The van der Waals surface area contributed by atoms with Crippen LogP contribution in [-0.4, -0.2) is 25.5 Å². The Labute approximate surface area is 285 Å². The van der Waals surface area contributed by atoms with Crippen molar-refractivity contribution in [3.05, 3.63) is 60.3 Å². The van der Waals surface area contributed by atoms with Gasteiger partial charge in [0.15, 0.2) is 0 Å². The molecule has 1 heteroatoms. The van der Waals surface area contributed by atoms with Crippen LogP contribution in [0.1, 0.15) is 188 Å². The molecule has 45 heavy (non-hydrogen) atoms. The van der Waals surface area contributed by atoms with Crippen LogP contribution in [-0.2, 0) is 0 Å². The molecular weight excluding hydrogens is 542 g/mol. The minimum atomic E-state index is 0.631. The van der Waals surface area contributed by atoms with Gasteiger partial charge in [0.25, 0.3) is 0 Å². The number of nitrogens with zero attached hydrogens (tertiary/aromatic N) is 1. The van der Waals surface area contributed by atoms with Crippen molar-refractivity contribution in [3.8, 4) is 0 Å². The van der Waals surface area contributed by atoms with Crippen molar-refractivity contribution in [3.63, 3.8) is 0 Å². The van der Waals surface area contributed by atoms with E-state index >= 15 is 0 Å². The normalized spacial score (nSPS) is 14.1. The number of hydrogen-bond acceptors (Lipinski definition) is 1. The Morgan fingerprint density at radius 3 is 1.82 bits per heavy atom. The summed E-state index contributed by atoms with van der Waals surface area (Å²) in [7, 11) is 4.38. The molecule has 2 unspecified atom stereocenters. The zero-order chi connectivity index (χ0) is 33.2. The Morgan fingerprint density at radius 2 is 1.16 bits per heavy atom. The second kappa shape index (κ2) is 34.0. The monoisotopic (exact) mass is 624 g/mol. The lowest BCUT2D eigenvalue weighted by Gasteiger charge is -2.24. The molecule has 0 aromatic rings. The highest BCUT2D eigenvalue weighted by atomic mass is 15.0. The summed E-state index contributed by atoms with van der Waals surface area (Å²) in [5.41, 5.74) is 3.17. The summed E-state index contributed by atoms with van der Waals surface area (Å²) in [6.07, 6.45) is 49.7. The molecule has 0 rings (SSSR count). The second-order valence-corrected chi connectivity index (χ2v) is 14.2. The van der Waals surface area contributed by atoms with Gasteiger partial charge in [0.05, 0.1) is 0 Å². The molecule has 0 aliphatic rings. The zero-order valence-corrected chi connectivity index (χ0v) is 31.7. The van der Waals surface area contributed by atoms with Gasteiger partial charge in [0.2, 0.25) is 0 Å². The molecule has 0 heterocycles. The highest BCUT2D eigenvalue weighted by molar-refractivity contribution is 5.19. The van der Waals surface area contributed by atoms with Crippen LogP contribution in [0.25, 0.3) is 0 Å². The van der Waals surface area contributed by atoms with E-state index in [1.54, 1.807) is 5.57 Å². The summed E-state index contributed by atoms with van der Waals surface area (Å²) >= 11 is 0. The van der Waals surface area contributed by atoms with Crippen molar-refractivity contribution in [2.24, 2.45) is 11.8 Å². The molecule has 0 spiro atoms. The van der Waals surface area contributed by atoms with E-state index in [-0.39, 0.29) is 0 Å². The molecule has 0 amide bonds. The molecule has 0 saturated carbocycles. The number of allylic oxidation sites excluding steroid dienone is 9. The van der Waals surface area contributed by atoms with E-state index in [9.17, 15) is 0 Å². The average molecular weight is 624 g/mol. The van der Waals surface area contributed by atoms with Crippen molar-refractivity contribution in [1.29, 1.82) is 0 Å². The third-order valence-electron chi connectivity index (χ3n) is 9.26. The van der Waals surface area contributed by atoms with Crippen molar-refractivity contribution in [1.82, 2.24) is 4.90 Å². The number of hydrogen-bond donors (Lipinski definition) is 0. The van der Waals surface area contributed by atoms with Gasteiger partial charge in [-0.25, -0.2) is 0 Å². The first-order valence-corrected chi connectivity index (χ1v) is 20.0. The van der Waals surface area contributed by atoms with Gasteiger partial charge in [0.1, 0.15) is 0 Å². The van der Waals surface area contributed by atoms with Crippen molar-refractivity contribution >= 4 is 0 Å². The summed E-state index contributed by atoms with van der Waals surface area (Å²) in [6, 6.07) is 0. The maximum absolute atomic E-state index is 4.65. The first-order chi connectivity index (χ1) is 22.0. The third kappa shape index (κ3) is 29.8. The SMILES string of the molecule is C=C(CCCCN(C)C)C/C(=C\C(CCCC)CCCCCCC)C(C/C=C/C=C\CCCCC)CCC/C=C\CCCCC. The Balaban J connectivity index is 5.84. The second-order valence-electron chi connectivity index (χ2n) is 14.2. The molecule has 0 aromatic heterocycles. The standard InChI is InChI=1S/C44H81N/c1-8-12-16-19-21-23-26-29-36-43(37-30-27-24-22-20-17-13-9-2)44(39-41(5)33-31-32-38-45(6)7)40-42(34-15-11-4)35-28-25-18-14-10-3/h21-24,26,29,40,42-43H,5,8-20,25,27-28,30-39H2,1-4,6-7H3/b23-21-,24-22-,29-26+,44-40+. The van der Waals surface area contributed by atoms with Crippen LogP contribution in [0.15, 0.2) is 60.3 Å². The van der Waals surface area contributed by atoms with Gasteiger partial charge in [-0.1, -0.05) is 159 Å². The van der Waals surface area contributed by atoms with E-state index in [4.69, 9.17) is 0 Å². The van der Waals surface area contributed by atoms with Crippen LogP contribution >= 0.6 is 0 Å². The highest BCUT2D eigenvalue weighted by Crippen LogP contribution is 2.32. The maximum Gasteiger partial charge on any atom is -0.00247 e. The van der Waals surface area contributed by atoms with Crippen LogP contribution in [0, 0.1) is 11.8 Å². The Kier molecular flexibility index (Phi) is 33.0. The van der Waals surface area contributed by atoms with E-state index in [1.165, 1.54) is 160 Å².